The number of likely N-dealkylation sites (tertiary alicyclic amines) is 1. The number of carboxylic acids is 1. The molecule has 2 rings (SSSR count). The first kappa shape index (κ1) is 13.9. The number of carboxylic acid groups (broad SMARTS) is 1. The predicted molar refractivity (Wildman–Crippen MR) is 69.0 cm³/mol. The minimum Gasteiger partial charge on any atom is -0.482 e. The molecular weight excluding hydrogens is 260 g/mol. The highest BCUT2D eigenvalue weighted by atomic mass is 16.5. The summed E-state index contributed by atoms with van der Waals surface area (Å²) in [7, 11) is 0. The van der Waals surface area contributed by atoms with E-state index in [2.05, 4.69) is 0 Å². The van der Waals surface area contributed by atoms with Crippen LogP contribution in [0.25, 0.3) is 0 Å². The van der Waals surface area contributed by atoms with E-state index < -0.39 is 12.0 Å². The maximum absolute atomic E-state index is 12.0. The highest BCUT2D eigenvalue weighted by Crippen LogP contribution is 2.19. The van der Waals surface area contributed by atoms with Crippen molar-refractivity contribution in [1.82, 2.24) is 4.90 Å². The summed E-state index contributed by atoms with van der Waals surface area (Å²) < 4.78 is 5.32. The number of ether oxygens (including phenoxy) is 1. The Labute approximate surface area is 116 Å². The SMILES string of the molecule is N#Cc1ccccc1OCC(=O)N1CCC[C@H]1C(=O)O. The molecule has 6 nitrogen and oxygen atoms in total. The van der Waals surface area contributed by atoms with Crippen LogP contribution < -0.4 is 4.74 Å². The van der Waals surface area contributed by atoms with Crippen LogP contribution in [0, 0.1) is 11.3 Å². The second-order valence-corrected chi connectivity index (χ2v) is 4.48. The number of nitrogens with zero attached hydrogens (tertiary/aromatic N) is 2. The zero-order chi connectivity index (χ0) is 14.5. The van der Waals surface area contributed by atoms with Gasteiger partial charge >= 0.3 is 5.97 Å². The van der Waals surface area contributed by atoms with Crippen LogP contribution in [0.3, 0.4) is 0 Å². The summed E-state index contributed by atoms with van der Waals surface area (Å²) in [5.41, 5.74) is 0.344. The van der Waals surface area contributed by atoms with Crippen LogP contribution in [-0.4, -0.2) is 41.1 Å². The minimum absolute atomic E-state index is 0.261. The van der Waals surface area contributed by atoms with E-state index in [0.717, 1.165) is 0 Å². The van der Waals surface area contributed by atoms with Crippen molar-refractivity contribution in [2.24, 2.45) is 0 Å². The van der Waals surface area contributed by atoms with Crippen molar-refractivity contribution in [3.8, 4) is 11.8 Å². The average molecular weight is 274 g/mol. The van der Waals surface area contributed by atoms with Gasteiger partial charge in [0, 0.05) is 6.54 Å². The van der Waals surface area contributed by atoms with Gasteiger partial charge in [-0.3, -0.25) is 4.79 Å². The Balaban J connectivity index is 1.99. The van der Waals surface area contributed by atoms with Crippen molar-refractivity contribution >= 4 is 11.9 Å². The van der Waals surface area contributed by atoms with Gasteiger partial charge in [0.05, 0.1) is 5.56 Å². The van der Waals surface area contributed by atoms with Crippen LogP contribution in [0.4, 0.5) is 0 Å². The Morgan fingerprint density at radius 1 is 1.45 bits per heavy atom. The highest BCUT2D eigenvalue weighted by Gasteiger charge is 2.33. The first-order valence-electron chi connectivity index (χ1n) is 6.27. The molecule has 0 bridgehead atoms. The van der Waals surface area contributed by atoms with Crippen LogP contribution in [0.15, 0.2) is 24.3 Å². The van der Waals surface area contributed by atoms with Crippen molar-refractivity contribution in [2.45, 2.75) is 18.9 Å². The van der Waals surface area contributed by atoms with Gasteiger partial charge in [-0.25, -0.2) is 4.79 Å². The molecule has 1 saturated heterocycles. The maximum atomic E-state index is 12.0. The molecule has 20 heavy (non-hydrogen) atoms. The fourth-order valence-electron chi connectivity index (χ4n) is 2.23. The van der Waals surface area contributed by atoms with E-state index >= 15 is 0 Å². The Hall–Kier alpha value is -2.55. The second-order valence-electron chi connectivity index (χ2n) is 4.48. The first-order valence-corrected chi connectivity index (χ1v) is 6.27. The minimum atomic E-state index is -0.992. The monoisotopic (exact) mass is 274 g/mol. The lowest BCUT2D eigenvalue weighted by Crippen LogP contribution is -2.42. The van der Waals surface area contributed by atoms with Gasteiger partial charge in [-0.05, 0) is 25.0 Å². The molecular formula is C14H14N2O4. The van der Waals surface area contributed by atoms with E-state index in [9.17, 15) is 9.59 Å². The zero-order valence-corrected chi connectivity index (χ0v) is 10.8. The van der Waals surface area contributed by atoms with E-state index in [0.29, 0.717) is 30.7 Å². The molecule has 1 N–H and O–H groups in total. The van der Waals surface area contributed by atoms with Gasteiger partial charge in [0.15, 0.2) is 6.61 Å². The van der Waals surface area contributed by atoms with E-state index in [4.69, 9.17) is 15.1 Å². The number of nitriles is 1. The summed E-state index contributed by atoms with van der Waals surface area (Å²) in [6.07, 6.45) is 1.15. The highest BCUT2D eigenvalue weighted by molar-refractivity contribution is 5.85. The Morgan fingerprint density at radius 2 is 2.20 bits per heavy atom. The van der Waals surface area contributed by atoms with Gasteiger partial charge in [-0.15, -0.1) is 0 Å². The van der Waals surface area contributed by atoms with Gasteiger partial charge in [-0.2, -0.15) is 5.26 Å². The topological polar surface area (TPSA) is 90.6 Å². The molecule has 0 unspecified atom stereocenters. The average Bonchev–Trinajstić information content (AvgIpc) is 2.94. The van der Waals surface area contributed by atoms with Crippen LogP contribution in [-0.2, 0) is 9.59 Å². The lowest BCUT2D eigenvalue weighted by atomic mass is 10.2. The molecule has 1 fully saturated rings. The summed E-state index contributed by atoms with van der Waals surface area (Å²) in [5, 5.41) is 17.9. The Morgan fingerprint density at radius 3 is 2.90 bits per heavy atom. The Bertz CT molecular complexity index is 565. The van der Waals surface area contributed by atoms with Crippen LogP contribution in [0.1, 0.15) is 18.4 Å². The number of carbonyl (C=O) groups excluding carboxylic acids is 1. The van der Waals surface area contributed by atoms with Crippen molar-refractivity contribution in [3.05, 3.63) is 29.8 Å². The molecule has 0 aromatic heterocycles. The number of amides is 1. The number of aliphatic carboxylic acids is 1. The lowest BCUT2D eigenvalue weighted by molar-refractivity contribution is -0.148. The van der Waals surface area contributed by atoms with E-state index in [-0.39, 0.29) is 12.5 Å². The summed E-state index contributed by atoms with van der Waals surface area (Å²) in [6, 6.07) is 7.81. The smallest absolute Gasteiger partial charge is 0.326 e. The fraction of sp³-hybridized carbons (Fsp3) is 0.357. The van der Waals surface area contributed by atoms with Gasteiger partial charge < -0.3 is 14.7 Å². The number of hydrogen-bond donors (Lipinski definition) is 1. The number of para-hydroxylation sites is 1. The van der Waals surface area contributed by atoms with E-state index in [1.165, 1.54) is 4.90 Å². The summed E-state index contributed by atoms with van der Waals surface area (Å²) in [4.78, 5) is 24.3. The van der Waals surface area contributed by atoms with Crippen LogP contribution >= 0.6 is 0 Å². The maximum Gasteiger partial charge on any atom is 0.326 e. The van der Waals surface area contributed by atoms with E-state index in [1.807, 2.05) is 6.07 Å². The lowest BCUT2D eigenvalue weighted by Gasteiger charge is -2.21. The first-order chi connectivity index (χ1) is 9.63. The van der Waals surface area contributed by atoms with Gasteiger partial charge in [0.2, 0.25) is 0 Å². The largest absolute Gasteiger partial charge is 0.482 e. The normalized spacial score (nSPS) is 17.6. The number of benzene rings is 1. The molecule has 0 saturated carbocycles. The molecule has 1 heterocycles. The van der Waals surface area contributed by atoms with Crippen LogP contribution in [0.5, 0.6) is 5.75 Å². The standard InChI is InChI=1S/C14H14N2O4/c15-8-10-4-1-2-6-12(10)20-9-13(17)16-7-3-5-11(16)14(18)19/h1-2,4,6,11H,3,5,7,9H2,(H,18,19)/t11-/m0/s1. The van der Waals surface area contributed by atoms with Gasteiger partial charge in [0.1, 0.15) is 17.9 Å². The molecule has 1 aliphatic heterocycles. The predicted octanol–water partition coefficient (Wildman–Crippen LogP) is 1.01. The number of hydrogen-bond acceptors (Lipinski definition) is 4. The zero-order valence-electron chi connectivity index (χ0n) is 10.8. The molecule has 0 aliphatic carbocycles. The van der Waals surface area contributed by atoms with E-state index in [1.54, 1.807) is 24.3 Å². The summed E-state index contributed by atoms with van der Waals surface area (Å²) in [5.74, 6) is -1.04. The Kier molecular flexibility index (Phi) is 4.20. The quantitative estimate of drug-likeness (QED) is 0.885. The summed E-state index contributed by atoms with van der Waals surface area (Å²) in [6.45, 7) is 0.168. The van der Waals surface area contributed by atoms with Crippen LogP contribution in [0.2, 0.25) is 0 Å². The molecule has 1 aliphatic rings. The van der Waals surface area contributed by atoms with Crippen molar-refractivity contribution in [3.63, 3.8) is 0 Å². The number of rotatable bonds is 4. The molecule has 1 aromatic carbocycles. The molecule has 1 aromatic rings. The van der Waals surface area contributed by atoms with Gasteiger partial charge in [-0.1, -0.05) is 12.1 Å². The van der Waals surface area contributed by atoms with Crippen molar-refractivity contribution in [2.75, 3.05) is 13.2 Å². The van der Waals surface area contributed by atoms with Crippen molar-refractivity contribution < 1.29 is 19.4 Å². The molecule has 6 heteroatoms. The molecule has 1 atom stereocenters. The molecule has 0 spiro atoms. The second kappa shape index (κ2) is 6.06. The third-order valence-electron chi connectivity index (χ3n) is 3.22. The molecule has 1 amide bonds. The van der Waals surface area contributed by atoms with Crippen molar-refractivity contribution in [1.29, 1.82) is 5.26 Å². The molecule has 104 valence electrons. The number of carbonyl (C=O) groups is 2. The third-order valence-corrected chi connectivity index (χ3v) is 3.22. The fourth-order valence-corrected chi connectivity index (χ4v) is 2.23. The summed E-state index contributed by atoms with van der Waals surface area (Å²) >= 11 is 0. The van der Waals surface area contributed by atoms with Gasteiger partial charge in [0.25, 0.3) is 5.91 Å². The molecule has 0 radical (unpaired) electrons. The third kappa shape index (κ3) is 2.88.